The quantitative estimate of drug-likeness (QED) is 0.647. The molecule has 0 spiro atoms. The summed E-state index contributed by atoms with van der Waals surface area (Å²) in [5.41, 5.74) is 2.08. The molecule has 1 aromatic carbocycles. The van der Waals surface area contributed by atoms with E-state index in [9.17, 15) is 9.59 Å². The molecule has 0 saturated carbocycles. The van der Waals surface area contributed by atoms with Gasteiger partial charge in [-0.2, -0.15) is 0 Å². The van der Waals surface area contributed by atoms with Crippen molar-refractivity contribution in [3.63, 3.8) is 0 Å². The minimum absolute atomic E-state index is 0.0711. The van der Waals surface area contributed by atoms with Gasteiger partial charge in [-0.1, -0.05) is 43.7 Å². The van der Waals surface area contributed by atoms with E-state index in [4.69, 9.17) is 4.74 Å². The first-order valence-corrected chi connectivity index (χ1v) is 8.56. The maximum atomic E-state index is 12.1. The number of benzene rings is 1. The Balaban J connectivity index is 2.41. The van der Waals surface area contributed by atoms with Crippen molar-refractivity contribution in [1.29, 1.82) is 0 Å². The van der Waals surface area contributed by atoms with Gasteiger partial charge in [0.05, 0.1) is 12.5 Å². The fourth-order valence-electron chi connectivity index (χ4n) is 2.27. The molecule has 5 heteroatoms. The molecule has 0 aliphatic carbocycles. The SMILES string of the molecule is CC(=O)NC(CC(=O)NCCCOCC(C)C)c1ccc(C)cc1. The summed E-state index contributed by atoms with van der Waals surface area (Å²) in [4.78, 5) is 23.5. The van der Waals surface area contributed by atoms with Crippen LogP contribution >= 0.6 is 0 Å². The van der Waals surface area contributed by atoms with Gasteiger partial charge >= 0.3 is 0 Å². The van der Waals surface area contributed by atoms with E-state index in [1.165, 1.54) is 6.92 Å². The van der Waals surface area contributed by atoms with Crippen LogP contribution in [0.5, 0.6) is 0 Å². The van der Waals surface area contributed by atoms with Gasteiger partial charge in [0.2, 0.25) is 11.8 Å². The van der Waals surface area contributed by atoms with E-state index in [-0.39, 0.29) is 24.3 Å². The zero-order chi connectivity index (χ0) is 17.9. The van der Waals surface area contributed by atoms with Crippen molar-refractivity contribution in [3.05, 3.63) is 35.4 Å². The molecular formula is C19H30N2O3. The van der Waals surface area contributed by atoms with E-state index in [1.807, 2.05) is 31.2 Å². The average Bonchev–Trinajstić information content (AvgIpc) is 2.50. The van der Waals surface area contributed by atoms with E-state index in [1.54, 1.807) is 0 Å². The highest BCUT2D eigenvalue weighted by atomic mass is 16.5. The van der Waals surface area contributed by atoms with Gasteiger partial charge in [-0.05, 0) is 24.8 Å². The summed E-state index contributed by atoms with van der Waals surface area (Å²) in [5, 5.41) is 5.73. The molecule has 0 aliphatic rings. The molecule has 1 aromatic rings. The highest BCUT2D eigenvalue weighted by Gasteiger charge is 2.16. The zero-order valence-corrected chi connectivity index (χ0v) is 15.2. The van der Waals surface area contributed by atoms with Crippen molar-refractivity contribution in [2.24, 2.45) is 5.92 Å². The van der Waals surface area contributed by atoms with Crippen molar-refractivity contribution >= 4 is 11.8 Å². The number of nitrogens with one attached hydrogen (secondary N) is 2. The molecular weight excluding hydrogens is 304 g/mol. The van der Waals surface area contributed by atoms with E-state index in [0.717, 1.165) is 24.2 Å². The maximum absolute atomic E-state index is 12.1. The zero-order valence-electron chi connectivity index (χ0n) is 15.2. The summed E-state index contributed by atoms with van der Waals surface area (Å²) in [5.74, 6) is 0.307. The van der Waals surface area contributed by atoms with E-state index >= 15 is 0 Å². The predicted octanol–water partition coefficient (Wildman–Crippen LogP) is 2.74. The first-order chi connectivity index (χ1) is 11.4. The Kier molecular flexibility index (Phi) is 9.08. The van der Waals surface area contributed by atoms with Crippen LogP contribution in [0.1, 0.15) is 50.8 Å². The topological polar surface area (TPSA) is 67.4 Å². The number of hydrogen-bond donors (Lipinski definition) is 2. The summed E-state index contributed by atoms with van der Waals surface area (Å²) in [6.07, 6.45) is 1.02. The molecule has 0 heterocycles. The monoisotopic (exact) mass is 334 g/mol. The lowest BCUT2D eigenvalue weighted by Crippen LogP contribution is -2.33. The molecule has 0 aromatic heterocycles. The Labute approximate surface area is 145 Å². The van der Waals surface area contributed by atoms with Crippen molar-refractivity contribution in [2.45, 2.75) is 46.6 Å². The number of amides is 2. The largest absolute Gasteiger partial charge is 0.381 e. The van der Waals surface area contributed by atoms with Crippen LogP contribution in [-0.2, 0) is 14.3 Å². The van der Waals surface area contributed by atoms with Gasteiger partial charge in [-0.3, -0.25) is 9.59 Å². The van der Waals surface area contributed by atoms with Gasteiger partial charge in [0.15, 0.2) is 0 Å². The number of aryl methyl sites for hydroxylation is 1. The Morgan fingerprint density at radius 2 is 1.83 bits per heavy atom. The Morgan fingerprint density at radius 3 is 2.42 bits per heavy atom. The van der Waals surface area contributed by atoms with Crippen LogP contribution in [0.2, 0.25) is 0 Å². The molecule has 24 heavy (non-hydrogen) atoms. The lowest BCUT2D eigenvalue weighted by molar-refractivity contribution is -0.122. The minimum atomic E-state index is -0.305. The third-order valence-electron chi connectivity index (χ3n) is 3.49. The van der Waals surface area contributed by atoms with Crippen molar-refractivity contribution in [2.75, 3.05) is 19.8 Å². The summed E-state index contributed by atoms with van der Waals surface area (Å²) >= 11 is 0. The normalized spacial score (nSPS) is 12.0. The van der Waals surface area contributed by atoms with Crippen LogP contribution in [-0.4, -0.2) is 31.6 Å². The summed E-state index contributed by atoms with van der Waals surface area (Å²) in [7, 11) is 0. The second-order valence-electron chi connectivity index (χ2n) is 6.54. The summed E-state index contributed by atoms with van der Waals surface area (Å²) in [6.45, 7) is 9.65. The van der Waals surface area contributed by atoms with Crippen molar-refractivity contribution in [3.8, 4) is 0 Å². The molecule has 0 aliphatic heterocycles. The van der Waals surface area contributed by atoms with Gasteiger partial charge in [-0.15, -0.1) is 0 Å². The van der Waals surface area contributed by atoms with Crippen molar-refractivity contribution < 1.29 is 14.3 Å². The standard InChI is InChI=1S/C19H30N2O3/c1-14(2)13-24-11-5-10-20-19(23)12-18(21-16(4)22)17-8-6-15(3)7-9-17/h6-9,14,18H,5,10-13H2,1-4H3,(H,20,23)(H,21,22). The molecule has 134 valence electrons. The molecule has 1 unspecified atom stereocenters. The molecule has 1 atom stereocenters. The highest BCUT2D eigenvalue weighted by Crippen LogP contribution is 2.17. The molecule has 0 bridgehead atoms. The van der Waals surface area contributed by atoms with Crippen LogP contribution in [0.3, 0.4) is 0 Å². The van der Waals surface area contributed by atoms with Crippen LogP contribution in [0, 0.1) is 12.8 Å². The second kappa shape index (κ2) is 10.8. The summed E-state index contributed by atoms with van der Waals surface area (Å²) in [6, 6.07) is 7.55. The van der Waals surface area contributed by atoms with Gasteiger partial charge in [0, 0.05) is 26.7 Å². The number of rotatable bonds is 10. The molecule has 2 N–H and O–H groups in total. The van der Waals surface area contributed by atoms with Gasteiger partial charge in [-0.25, -0.2) is 0 Å². The Morgan fingerprint density at radius 1 is 1.17 bits per heavy atom. The lowest BCUT2D eigenvalue weighted by Gasteiger charge is -2.18. The van der Waals surface area contributed by atoms with E-state index < -0.39 is 0 Å². The van der Waals surface area contributed by atoms with Gasteiger partial charge < -0.3 is 15.4 Å². The molecule has 2 amide bonds. The lowest BCUT2D eigenvalue weighted by atomic mass is 10.0. The van der Waals surface area contributed by atoms with E-state index in [2.05, 4.69) is 24.5 Å². The second-order valence-corrected chi connectivity index (χ2v) is 6.54. The average molecular weight is 334 g/mol. The Bertz CT molecular complexity index is 512. The summed E-state index contributed by atoms with van der Waals surface area (Å²) < 4.78 is 5.48. The molecule has 5 nitrogen and oxygen atoms in total. The van der Waals surface area contributed by atoms with Crippen LogP contribution in [0.15, 0.2) is 24.3 Å². The molecule has 1 rings (SSSR count). The highest BCUT2D eigenvalue weighted by molar-refractivity contribution is 5.79. The van der Waals surface area contributed by atoms with E-state index in [0.29, 0.717) is 19.1 Å². The van der Waals surface area contributed by atoms with Gasteiger partial charge in [0.25, 0.3) is 0 Å². The first kappa shape index (κ1) is 20.2. The predicted molar refractivity (Wildman–Crippen MR) is 95.6 cm³/mol. The third-order valence-corrected chi connectivity index (χ3v) is 3.49. The molecule has 0 saturated heterocycles. The van der Waals surface area contributed by atoms with Crippen LogP contribution in [0.25, 0.3) is 0 Å². The van der Waals surface area contributed by atoms with Crippen LogP contribution < -0.4 is 10.6 Å². The van der Waals surface area contributed by atoms with Crippen LogP contribution in [0.4, 0.5) is 0 Å². The third kappa shape index (κ3) is 8.67. The molecule has 0 radical (unpaired) electrons. The number of carbonyl (C=O) groups is 2. The molecule has 0 fully saturated rings. The fourth-order valence-corrected chi connectivity index (χ4v) is 2.27. The van der Waals surface area contributed by atoms with Crippen molar-refractivity contribution in [1.82, 2.24) is 10.6 Å². The smallest absolute Gasteiger partial charge is 0.222 e. The number of ether oxygens (including phenoxy) is 1. The first-order valence-electron chi connectivity index (χ1n) is 8.56. The Hall–Kier alpha value is -1.88. The minimum Gasteiger partial charge on any atom is -0.381 e. The number of hydrogen-bond acceptors (Lipinski definition) is 3. The maximum Gasteiger partial charge on any atom is 0.222 e. The fraction of sp³-hybridized carbons (Fsp3) is 0.579. The number of carbonyl (C=O) groups excluding carboxylic acids is 2. The van der Waals surface area contributed by atoms with Gasteiger partial charge in [0.1, 0.15) is 0 Å².